The van der Waals surface area contributed by atoms with E-state index in [1.807, 2.05) is 0 Å². The Bertz CT molecular complexity index is 375. The molecule has 0 aromatic carbocycles. The van der Waals surface area contributed by atoms with Gasteiger partial charge in [-0.2, -0.15) is 0 Å². The zero-order valence-electron chi connectivity index (χ0n) is 17.6. The number of rotatable bonds is 10. The molecule has 2 fully saturated rings. The van der Waals surface area contributed by atoms with Gasteiger partial charge in [0.1, 0.15) is 19.3 Å². The van der Waals surface area contributed by atoms with Crippen LogP contribution in [0.5, 0.6) is 0 Å². The Kier molecular flexibility index (Phi) is 14.0. The van der Waals surface area contributed by atoms with Crippen molar-refractivity contribution in [1.82, 2.24) is 0 Å². The first-order valence-electron chi connectivity index (χ1n) is 11.1. The predicted molar refractivity (Wildman–Crippen MR) is 108 cm³/mol. The van der Waals surface area contributed by atoms with Crippen molar-refractivity contribution in [2.45, 2.75) is 96.0 Å². The van der Waals surface area contributed by atoms with Gasteiger partial charge in [0.25, 0.3) is 0 Å². The van der Waals surface area contributed by atoms with Crippen LogP contribution in [0.3, 0.4) is 0 Å². The summed E-state index contributed by atoms with van der Waals surface area (Å²) in [6, 6.07) is 0. The molecule has 2 saturated carbocycles. The van der Waals surface area contributed by atoms with Crippen LogP contribution >= 0.6 is 0 Å². The molecule has 164 valence electrons. The number of hydrogen-bond donors (Lipinski definition) is 2. The summed E-state index contributed by atoms with van der Waals surface area (Å²) < 4.78 is 10.2. The molecule has 0 radical (unpaired) electrons. The Morgan fingerprint density at radius 3 is 1.46 bits per heavy atom. The van der Waals surface area contributed by atoms with E-state index in [1.54, 1.807) is 0 Å². The third-order valence-electron chi connectivity index (χ3n) is 5.84. The summed E-state index contributed by atoms with van der Waals surface area (Å²) in [4.78, 5) is 23.5. The molecule has 2 N–H and O–H groups in total. The van der Waals surface area contributed by atoms with E-state index in [1.165, 1.54) is 64.2 Å². The smallest absolute Gasteiger partial charge is 0.305 e. The molecular weight excluding hydrogens is 360 g/mol. The fourth-order valence-corrected chi connectivity index (χ4v) is 4.17. The second kappa shape index (κ2) is 15.7. The van der Waals surface area contributed by atoms with Gasteiger partial charge in [0, 0.05) is 20.0 Å². The van der Waals surface area contributed by atoms with E-state index in [-0.39, 0.29) is 25.2 Å². The molecule has 6 nitrogen and oxygen atoms in total. The number of aliphatic hydroxyl groups excluding tert-OH is 2. The van der Waals surface area contributed by atoms with Crippen LogP contribution in [-0.2, 0) is 19.1 Å². The molecule has 0 saturated heterocycles. The molecule has 28 heavy (non-hydrogen) atoms. The summed E-state index contributed by atoms with van der Waals surface area (Å²) in [6.45, 7) is -0.196. The van der Waals surface area contributed by atoms with Crippen LogP contribution in [-0.4, -0.2) is 48.6 Å². The third kappa shape index (κ3) is 11.6. The van der Waals surface area contributed by atoms with Gasteiger partial charge in [-0.1, -0.05) is 64.2 Å². The molecule has 0 bridgehead atoms. The van der Waals surface area contributed by atoms with Crippen molar-refractivity contribution in [1.29, 1.82) is 0 Å². The van der Waals surface area contributed by atoms with E-state index in [4.69, 9.17) is 14.6 Å². The van der Waals surface area contributed by atoms with Gasteiger partial charge in [-0.15, -0.1) is 0 Å². The first kappa shape index (κ1) is 24.9. The van der Waals surface area contributed by atoms with Crippen molar-refractivity contribution in [2.24, 2.45) is 11.8 Å². The summed E-state index contributed by atoms with van der Waals surface area (Å²) in [5.41, 5.74) is 0. The van der Waals surface area contributed by atoms with E-state index in [0.717, 1.165) is 20.0 Å². The normalized spacial score (nSPS) is 18.3. The Morgan fingerprint density at radius 1 is 0.750 bits per heavy atom. The summed E-state index contributed by atoms with van der Waals surface area (Å²) in [5, 5.41) is 16.8. The molecule has 0 aromatic rings. The Labute approximate surface area is 170 Å². The maximum Gasteiger partial charge on any atom is 0.305 e. The van der Waals surface area contributed by atoms with Crippen LogP contribution < -0.4 is 0 Å². The Balaban J connectivity index is 0.00000190. The van der Waals surface area contributed by atoms with E-state index < -0.39 is 6.10 Å². The zero-order valence-corrected chi connectivity index (χ0v) is 17.6. The second-order valence-corrected chi connectivity index (χ2v) is 8.11. The summed E-state index contributed by atoms with van der Waals surface area (Å²) in [6.07, 6.45) is 14.2. The fraction of sp³-hybridized carbons (Fsp3) is 0.909. The van der Waals surface area contributed by atoms with Gasteiger partial charge < -0.3 is 19.7 Å². The van der Waals surface area contributed by atoms with Gasteiger partial charge in [0.2, 0.25) is 0 Å². The Morgan fingerprint density at radius 2 is 1.11 bits per heavy atom. The summed E-state index contributed by atoms with van der Waals surface area (Å²) >= 11 is 0. The van der Waals surface area contributed by atoms with Crippen molar-refractivity contribution in [3.63, 3.8) is 0 Å². The Hall–Kier alpha value is -1.14. The monoisotopic (exact) mass is 400 g/mol. The first-order valence-corrected chi connectivity index (χ1v) is 11.1. The average Bonchev–Trinajstić information content (AvgIpc) is 2.76. The number of aliphatic hydroxyl groups is 2. The molecule has 2 aliphatic carbocycles. The van der Waals surface area contributed by atoms with Crippen LogP contribution in [0.4, 0.5) is 0 Å². The number of carbonyl (C=O) groups excluding carboxylic acids is 2. The number of hydrogen-bond acceptors (Lipinski definition) is 6. The molecule has 0 aliphatic heterocycles. The van der Waals surface area contributed by atoms with Gasteiger partial charge in [-0.3, -0.25) is 9.59 Å². The van der Waals surface area contributed by atoms with Crippen molar-refractivity contribution >= 4 is 11.9 Å². The maximum atomic E-state index is 11.8. The lowest BCUT2D eigenvalue weighted by Crippen LogP contribution is -2.25. The third-order valence-corrected chi connectivity index (χ3v) is 5.84. The van der Waals surface area contributed by atoms with Crippen molar-refractivity contribution in [2.75, 3.05) is 20.3 Å². The molecule has 2 rings (SSSR count). The molecule has 6 heteroatoms. The largest absolute Gasteiger partial charge is 0.463 e. The first-order chi connectivity index (χ1) is 13.6. The lowest BCUT2D eigenvalue weighted by atomic mass is 9.86. The molecule has 0 spiro atoms. The van der Waals surface area contributed by atoms with Gasteiger partial charge in [-0.05, 0) is 24.7 Å². The van der Waals surface area contributed by atoms with Crippen LogP contribution in [0, 0.1) is 11.8 Å². The van der Waals surface area contributed by atoms with Crippen molar-refractivity contribution < 1.29 is 29.3 Å². The van der Waals surface area contributed by atoms with E-state index in [0.29, 0.717) is 24.7 Å². The highest BCUT2D eigenvalue weighted by Gasteiger charge is 2.18. The summed E-state index contributed by atoms with van der Waals surface area (Å²) in [7, 11) is 1.00. The minimum atomic E-state index is -0.938. The van der Waals surface area contributed by atoms with Crippen LogP contribution in [0.25, 0.3) is 0 Å². The van der Waals surface area contributed by atoms with Crippen molar-refractivity contribution in [3.05, 3.63) is 0 Å². The lowest BCUT2D eigenvalue weighted by molar-refractivity contribution is -0.152. The highest BCUT2D eigenvalue weighted by atomic mass is 16.6. The van der Waals surface area contributed by atoms with Crippen LogP contribution in [0.2, 0.25) is 0 Å². The highest BCUT2D eigenvalue weighted by Crippen LogP contribution is 2.28. The molecule has 0 aromatic heterocycles. The van der Waals surface area contributed by atoms with Crippen LogP contribution in [0.1, 0.15) is 89.9 Å². The van der Waals surface area contributed by atoms with E-state index >= 15 is 0 Å². The molecule has 2 aliphatic rings. The maximum absolute atomic E-state index is 11.8. The molecule has 0 unspecified atom stereocenters. The molecule has 0 atom stereocenters. The highest BCUT2D eigenvalue weighted by molar-refractivity contribution is 5.69. The minimum Gasteiger partial charge on any atom is -0.463 e. The van der Waals surface area contributed by atoms with Gasteiger partial charge in [0.15, 0.2) is 0 Å². The van der Waals surface area contributed by atoms with Crippen LogP contribution in [0.15, 0.2) is 0 Å². The molecule has 0 amide bonds. The second-order valence-electron chi connectivity index (χ2n) is 8.11. The fourth-order valence-electron chi connectivity index (χ4n) is 4.17. The standard InChI is InChI=1S/C21H36O5.CH4O/c22-19(15-25-20(23)13-11-17-7-3-1-4-8-17)16-26-21(24)14-12-18-9-5-2-6-10-18;1-2/h17-19,22H,1-16H2;2H,1H3. The van der Waals surface area contributed by atoms with Crippen molar-refractivity contribution in [3.8, 4) is 0 Å². The minimum absolute atomic E-state index is 0.0978. The van der Waals surface area contributed by atoms with E-state index in [9.17, 15) is 14.7 Å². The SMILES string of the molecule is CO.O=C(CCC1CCCCC1)OCC(O)COC(=O)CCC1CCCCC1. The molecular formula is C22H40O6. The predicted octanol–water partition coefficient (Wildman–Crippen LogP) is 3.76. The van der Waals surface area contributed by atoms with Gasteiger partial charge >= 0.3 is 11.9 Å². The van der Waals surface area contributed by atoms with Gasteiger partial charge in [-0.25, -0.2) is 0 Å². The quantitative estimate of drug-likeness (QED) is 0.542. The number of carbonyl (C=O) groups is 2. The van der Waals surface area contributed by atoms with Gasteiger partial charge in [0.05, 0.1) is 0 Å². The van der Waals surface area contributed by atoms with E-state index in [2.05, 4.69) is 0 Å². The summed E-state index contributed by atoms with van der Waals surface area (Å²) in [5.74, 6) is 0.759. The number of ether oxygens (including phenoxy) is 2. The average molecular weight is 401 g/mol. The number of esters is 2. The lowest BCUT2D eigenvalue weighted by Gasteiger charge is -2.21. The molecule has 0 heterocycles. The topological polar surface area (TPSA) is 93.1 Å². The zero-order chi connectivity index (χ0) is 20.6.